The zero-order valence-corrected chi connectivity index (χ0v) is 7.25. The molecule has 0 aliphatic carbocycles. The van der Waals surface area contributed by atoms with Gasteiger partial charge in [-0.1, -0.05) is 0 Å². The third kappa shape index (κ3) is 1.48. The second-order valence-electron chi connectivity index (χ2n) is 2.91. The fourth-order valence-electron chi connectivity index (χ4n) is 1.21. The van der Waals surface area contributed by atoms with Gasteiger partial charge < -0.3 is 4.42 Å². The molecule has 0 fully saturated rings. The Bertz CT molecular complexity index is 606. The molecule has 2 rings (SSSR count). The molecule has 0 spiro atoms. The summed E-state index contributed by atoms with van der Waals surface area (Å²) in [6, 6.07) is 4.17. The average molecular weight is 210 g/mol. The number of aromatic nitrogens is 1. The van der Waals surface area contributed by atoms with Crippen LogP contribution in [0.4, 0.5) is 8.78 Å². The van der Waals surface area contributed by atoms with Crippen LogP contribution in [0.25, 0.3) is 11.1 Å². The summed E-state index contributed by atoms with van der Waals surface area (Å²) in [6.45, 7) is 0. The molecule has 1 aromatic heterocycles. The molecule has 1 heterocycles. The largest absolute Gasteiger partial charge is 0.417 e. The molecule has 0 unspecified atom stereocenters. The first kappa shape index (κ1) is 9.40. The van der Waals surface area contributed by atoms with E-state index in [1.165, 1.54) is 6.07 Å². The van der Waals surface area contributed by atoms with E-state index in [4.69, 9.17) is 5.26 Å². The molecule has 1 aromatic carbocycles. The lowest BCUT2D eigenvalue weighted by Crippen LogP contribution is -2.09. The van der Waals surface area contributed by atoms with Crippen LogP contribution in [-0.4, -0.2) is 4.98 Å². The van der Waals surface area contributed by atoms with E-state index in [0.29, 0.717) is 5.52 Å². The predicted octanol–water partition coefficient (Wildman–Crippen LogP) is 1.74. The van der Waals surface area contributed by atoms with Crippen LogP contribution in [0.2, 0.25) is 0 Å². The van der Waals surface area contributed by atoms with Gasteiger partial charge in [-0.25, -0.2) is 4.79 Å². The molecule has 0 aliphatic rings. The Morgan fingerprint density at radius 2 is 2.20 bits per heavy atom. The lowest BCUT2D eigenvalue weighted by molar-refractivity contribution is 0.0613. The number of oxazole rings is 1. The maximum Gasteiger partial charge on any atom is 0.417 e. The summed E-state index contributed by atoms with van der Waals surface area (Å²) in [6.07, 6.45) is 0. The van der Waals surface area contributed by atoms with Gasteiger partial charge in [0.05, 0.1) is 5.52 Å². The second kappa shape index (κ2) is 2.92. The first-order chi connectivity index (χ1) is 7.03. The maximum atomic E-state index is 12.9. The molecule has 0 saturated carbocycles. The topological polar surface area (TPSA) is 69.8 Å². The van der Waals surface area contributed by atoms with E-state index < -0.39 is 17.2 Å². The molecule has 76 valence electrons. The fraction of sp³-hybridized carbons (Fsp3) is 0.111. The number of halogens is 2. The zero-order chi connectivity index (χ0) is 11.1. The Labute approximate surface area is 81.7 Å². The number of rotatable bonds is 1. The lowest BCUT2D eigenvalue weighted by atomic mass is 10.1. The summed E-state index contributed by atoms with van der Waals surface area (Å²) in [7, 11) is 0. The summed E-state index contributed by atoms with van der Waals surface area (Å²) in [5, 5.41) is 8.22. The Hall–Kier alpha value is -2.16. The molecule has 0 amide bonds. The van der Waals surface area contributed by atoms with Gasteiger partial charge in [-0.2, -0.15) is 14.0 Å². The Morgan fingerprint density at radius 1 is 1.47 bits per heavy atom. The average Bonchev–Trinajstić information content (AvgIpc) is 2.56. The monoisotopic (exact) mass is 210 g/mol. The molecule has 0 bridgehead atoms. The van der Waals surface area contributed by atoms with Crippen molar-refractivity contribution in [1.29, 1.82) is 5.26 Å². The summed E-state index contributed by atoms with van der Waals surface area (Å²) in [5.41, 5.74) is -0.176. The van der Waals surface area contributed by atoms with Crippen LogP contribution in [0, 0.1) is 11.3 Å². The SMILES string of the molecule is N#CC(F)(F)c1ccc2[nH]c(=O)oc2c1. The Morgan fingerprint density at radius 3 is 2.87 bits per heavy atom. The number of hydrogen-bond acceptors (Lipinski definition) is 3. The second-order valence-corrected chi connectivity index (χ2v) is 2.91. The minimum absolute atomic E-state index is 0.00688. The number of benzene rings is 1. The van der Waals surface area contributed by atoms with Gasteiger partial charge in [0, 0.05) is 5.56 Å². The number of nitrogens with one attached hydrogen (secondary N) is 1. The molecular weight excluding hydrogens is 206 g/mol. The molecule has 0 radical (unpaired) electrons. The normalized spacial score (nSPS) is 11.5. The van der Waals surface area contributed by atoms with Crippen molar-refractivity contribution in [3.63, 3.8) is 0 Å². The number of nitrogens with zero attached hydrogens (tertiary/aromatic N) is 1. The van der Waals surface area contributed by atoms with Crippen molar-refractivity contribution in [2.45, 2.75) is 5.92 Å². The van der Waals surface area contributed by atoms with E-state index in [9.17, 15) is 13.6 Å². The minimum Gasteiger partial charge on any atom is -0.408 e. The number of aromatic amines is 1. The highest BCUT2D eigenvalue weighted by molar-refractivity contribution is 5.73. The van der Waals surface area contributed by atoms with Crippen LogP contribution in [0.5, 0.6) is 0 Å². The highest BCUT2D eigenvalue weighted by Gasteiger charge is 2.31. The number of fused-ring (bicyclic) bond motifs is 1. The summed E-state index contributed by atoms with van der Waals surface area (Å²) >= 11 is 0. The molecule has 0 atom stereocenters. The van der Waals surface area contributed by atoms with E-state index in [1.54, 1.807) is 0 Å². The molecule has 4 nitrogen and oxygen atoms in total. The lowest BCUT2D eigenvalue weighted by Gasteiger charge is -2.05. The van der Waals surface area contributed by atoms with Crippen molar-refractivity contribution in [2.24, 2.45) is 0 Å². The standard InChI is InChI=1S/C9H4F2N2O2/c10-9(11,4-12)5-1-2-6-7(3-5)15-8(14)13-6/h1-3H,(H,13,14). The molecule has 6 heteroatoms. The van der Waals surface area contributed by atoms with Crippen LogP contribution >= 0.6 is 0 Å². The van der Waals surface area contributed by atoms with E-state index in [0.717, 1.165) is 18.2 Å². The van der Waals surface area contributed by atoms with E-state index in [-0.39, 0.29) is 5.58 Å². The third-order valence-corrected chi connectivity index (χ3v) is 1.92. The number of nitriles is 1. The highest BCUT2D eigenvalue weighted by Crippen LogP contribution is 2.28. The van der Waals surface area contributed by atoms with Gasteiger partial charge in [0.1, 0.15) is 6.07 Å². The van der Waals surface area contributed by atoms with Gasteiger partial charge >= 0.3 is 11.7 Å². The first-order valence-electron chi connectivity index (χ1n) is 3.95. The Kier molecular flexibility index (Phi) is 1.83. The number of hydrogen-bond donors (Lipinski definition) is 1. The van der Waals surface area contributed by atoms with Gasteiger partial charge in [0.15, 0.2) is 5.58 Å². The van der Waals surface area contributed by atoms with Crippen LogP contribution < -0.4 is 5.76 Å². The van der Waals surface area contributed by atoms with Gasteiger partial charge in [-0.3, -0.25) is 4.98 Å². The first-order valence-corrected chi connectivity index (χ1v) is 3.95. The van der Waals surface area contributed by atoms with Crippen molar-refractivity contribution in [1.82, 2.24) is 4.98 Å². The molecular formula is C9H4F2N2O2. The molecule has 0 saturated heterocycles. The maximum absolute atomic E-state index is 12.9. The van der Waals surface area contributed by atoms with Gasteiger partial charge in [-0.15, -0.1) is 0 Å². The zero-order valence-electron chi connectivity index (χ0n) is 7.25. The molecule has 2 aromatic rings. The van der Waals surface area contributed by atoms with E-state index in [2.05, 4.69) is 9.40 Å². The van der Waals surface area contributed by atoms with Crippen molar-refractivity contribution in [3.8, 4) is 6.07 Å². The van der Waals surface area contributed by atoms with Gasteiger partial charge in [-0.05, 0) is 18.2 Å². The minimum atomic E-state index is -3.58. The summed E-state index contributed by atoms with van der Waals surface area (Å²) in [4.78, 5) is 13.0. The summed E-state index contributed by atoms with van der Waals surface area (Å²) < 4.78 is 30.5. The van der Waals surface area contributed by atoms with Crippen molar-refractivity contribution in [2.75, 3.05) is 0 Å². The van der Waals surface area contributed by atoms with Gasteiger partial charge in [0.25, 0.3) is 0 Å². The van der Waals surface area contributed by atoms with Crippen LogP contribution in [0.3, 0.4) is 0 Å². The Balaban J connectivity index is 2.67. The predicted molar refractivity (Wildman–Crippen MR) is 46.3 cm³/mol. The third-order valence-electron chi connectivity index (χ3n) is 1.92. The van der Waals surface area contributed by atoms with Gasteiger partial charge in [0.2, 0.25) is 0 Å². The van der Waals surface area contributed by atoms with Crippen molar-refractivity contribution < 1.29 is 13.2 Å². The molecule has 15 heavy (non-hydrogen) atoms. The fourth-order valence-corrected chi connectivity index (χ4v) is 1.21. The van der Waals surface area contributed by atoms with Crippen LogP contribution in [0.15, 0.2) is 27.4 Å². The van der Waals surface area contributed by atoms with E-state index >= 15 is 0 Å². The number of alkyl halides is 2. The molecule has 0 aliphatic heterocycles. The quantitative estimate of drug-likeness (QED) is 0.779. The van der Waals surface area contributed by atoms with Crippen LogP contribution in [0.1, 0.15) is 5.56 Å². The number of H-pyrrole nitrogens is 1. The van der Waals surface area contributed by atoms with Crippen LogP contribution in [-0.2, 0) is 5.92 Å². The molecule has 1 N–H and O–H groups in total. The smallest absolute Gasteiger partial charge is 0.408 e. The van der Waals surface area contributed by atoms with Crippen molar-refractivity contribution in [3.05, 3.63) is 34.3 Å². The van der Waals surface area contributed by atoms with Crippen molar-refractivity contribution >= 4 is 11.1 Å². The summed E-state index contributed by atoms with van der Waals surface area (Å²) in [5.74, 6) is -4.30. The highest BCUT2D eigenvalue weighted by atomic mass is 19.3. The van der Waals surface area contributed by atoms with E-state index in [1.807, 2.05) is 0 Å².